The van der Waals surface area contributed by atoms with Crippen molar-refractivity contribution in [3.05, 3.63) is 63.8 Å². The van der Waals surface area contributed by atoms with Crippen LogP contribution >= 0.6 is 23.1 Å². The van der Waals surface area contributed by atoms with Gasteiger partial charge in [0.1, 0.15) is 6.61 Å². The molecule has 1 aliphatic heterocycles. The van der Waals surface area contributed by atoms with Gasteiger partial charge in [0.2, 0.25) is 6.10 Å². The van der Waals surface area contributed by atoms with Crippen LogP contribution in [0.5, 0.6) is 11.5 Å². The van der Waals surface area contributed by atoms with Gasteiger partial charge in [0.15, 0.2) is 16.5 Å². The van der Waals surface area contributed by atoms with Crippen molar-refractivity contribution < 1.29 is 13.9 Å². The van der Waals surface area contributed by atoms with Gasteiger partial charge in [-0.05, 0) is 12.1 Å². The molecule has 0 unspecified atom stereocenters. The Balaban J connectivity index is 1.29. The van der Waals surface area contributed by atoms with Crippen LogP contribution < -0.4 is 15.0 Å². The summed E-state index contributed by atoms with van der Waals surface area (Å²) >= 11 is 2.74. The van der Waals surface area contributed by atoms with Gasteiger partial charge in [0.25, 0.3) is 16.7 Å². The molecule has 10 heteroatoms. The number of benzene rings is 1. The third-order valence-corrected chi connectivity index (χ3v) is 5.51. The molecule has 1 aromatic carbocycles. The van der Waals surface area contributed by atoms with E-state index in [2.05, 4.69) is 15.2 Å². The number of rotatable bonds is 4. The molecule has 0 N–H and O–H groups in total. The molecule has 5 rings (SSSR count). The number of nitrogens with zero attached hydrogens (tertiary/aromatic N) is 4. The Morgan fingerprint density at radius 1 is 1.26 bits per heavy atom. The summed E-state index contributed by atoms with van der Waals surface area (Å²) in [6.45, 7) is 0.302. The van der Waals surface area contributed by atoms with E-state index in [1.807, 2.05) is 29.6 Å². The minimum Gasteiger partial charge on any atom is -0.485 e. The SMILES string of the molecule is O=c1cc(CSc2nnc([C@@H]3COc4ccccc4O3)o2)nc2sccn12. The van der Waals surface area contributed by atoms with Crippen LogP contribution in [0.15, 0.2) is 56.3 Å². The van der Waals surface area contributed by atoms with Crippen molar-refractivity contribution >= 4 is 28.1 Å². The highest BCUT2D eigenvalue weighted by Gasteiger charge is 2.27. The standard InChI is InChI=1S/C17H12N4O4S2/c22-14-7-10(18-16-21(14)5-6-26-16)9-27-17-20-19-15(25-17)13-8-23-11-3-1-2-4-12(11)24-13/h1-7,13H,8-9H2/t13-/m0/s1. The number of thioether (sulfide) groups is 1. The zero-order chi connectivity index (χ0) is 18.2. The van der Waals surface area contributed by atoms with Crippen LogP contribution in [0.2, 0.25) is 0 Å². The molecule has 0 radical (unpaired) electrons. The lowest BCUT2D eigenvalue weighted by atomic mass is 10.2. The van der Waals surface area contributed by atoms with Gasteiger partial charge in [-0.2, -0.15) is 0 Å². The zero-order valence-corrected chi connectivity index (χ0v) is 15.4. The van der Waals surface area contributed by atoms with Crippen molar-refractivity contribution in [2.45, 2.75) is 17.1 Å². The molecule has 0 spiro atoms. The second kappa shape index (κ2) is 6.71. The molecule has 0 fully saturated rings. The molecule has 0 amide bonds. The zero-order valence-electron chi connectivity index (χ0n) is 13.8. The van der Waals surface area contributed by atoms with Crippen molar-refractivity contribution in [1.29, 1.82) is 0 Å². The topological polar surface area (TPSA) is 91.8 Å². The summed E-state index contributed by atoms with van der Waals surface area (Å²) < 4.78 is 18.7. The average Bonchev–Trinajstić information content (AvgIpc) is 3.36. The summed E-state index contributed by atoms with van der Waals surface area (Å²) in [6.07, 6.45) is 1.26. The quantitative estimate of drug-likeness (QED) is 0.483. The summed E-state index contributed by atoms with van der Waals surface area (Å²) in [4.78, 5) is 17.1. The van der Waals surface area contributed by atoms with Crippen LogP contribution in [0.3, 0.4) is 0 Å². The lowest BCUT2D eigenvalue weighted by Crippen LogP contribution is -2.21. The molecular weight excluding hydrogens is 388 g/mol. The second-order valence-electron chi connectivity index (χ2n) is 5.70. The number of aromatic nitrogens is 4. The summed E-state index contributed by atoms with van der Waals surface area (Å²) in [6, 6.07) is 8.95. The molecule has 0 aliphatic carbocycles. The van der Waals surface area contributed by atoms with E-state index >= 15 is 0 Å². The third-order valence-electron chi connectivity index (χ3n) is 3.91. The molecule has 0 saturated heterocycles. The van der Waals surface area contributed by atoms with Crippen LogP contribution in [0.25, 0.3) is 4.96 Å². The molecule has 4 aromatic rings. The van der Waals surface area contributed by atoms with Gasteiger partial charge in [-0.15, -0.1) is 21.5 Å². The smallest absolute Gasteiger partial charge is 0.277 e. The van der Waals surface area contributed by atoms with Crippen molar-refractivity contribution in [3.63, 3.8) is 0 Å². The first-order chi connectivity index (χ1) is 13.3. The molecule has 0 saturated carbocycles. The Kier molecular flexibility index (Phi) is 4.06. The summed E-state index contributed by atoms with van der Waals surface area (Å²) in [7, 11) is 0. The molecule has 3 aromatic heterocycles. The molecule has 1 aliphatic rings. The minimum absolute atomic E-state index is 0.102. The molecule has 4 heterocycles. The van der Waals surface area contributed by atoms with E-state index in [1.54, 1.807) is 6.20 Å². The van der Waals surface area contributed by atoms with Gasteiger partial charge in [-0.25, -0.2) is 4.98 Å². The normalized spacial score (nSPS) is 15.9. The van der Waals surface area contributed by atoms with E-state index in [0.717, 1.165) is 0 Å². The van der Waals surface area contributed by atoms with Crippen molar-refractivity contribution in [2.24, 2.45) is 0 Å². The minimum atomic E-state index is -0.452. The molecule has 0 bridgehead atoms. The van der Waals surface area contributed by atoms with Crippen molar-refractivity contribution in [3.8, 4) is 11.5 Å². The van der Waals surface area contributed by atoms with Gasteiger partial charge >= 0.3 is 0 Å². The monoisotopic (exact) mass is 400 g/mol. The van der Waals surface area contributed by atoms with Gasteiger partial charge < -0.3 is 13.9 Å². The molecule has 1 atom stereocenters. The molecule has 136 valence electrons. The number of hydrogen-bond acceptors (Lipinski definition) is 9. The highest BCUT2D eigenvalue weighted by Crippen LogP contribution is 2.36. The number of para-hydroxylation sites is 2. The predicted octanol–water partition coefficient (Wildman–Crippen LogP) is 2.94. The molecule has 8 nitrogen and oxygen atoms in total. The molecule has 27 heavy (non-hydrogen) atoms. The largest absolute Gasteiger partial charge is 0.485 e. The Morgan fingerprint density at radius 3 is 3.07 bits per heavy atom. The van der Waals surface area contributed by atoms with Crippen molar-refractivity contribution in [1.82, 2.24) is 19.6 Å². The maximum absolute atomic E-state index is 12.0. The van der Waals surface area contributed by atoms with E-state index in [4.69, 9.17) is 13.9 Å². The highest BCUT2D eigenvalue weighted by atomic mass is 32.2. The van der Waals surface area contributed by atoms with E-state index < -0.39 is 6.10 Å². The van der Waals surface area contributed by atoms with Gasteiger partial charge in [0.05, 0.1) is 5.69 Å². The van der Waals surface area contributed by atoms with Gasteiger partial charge in [0, 0.05) is 23.4 Å². The number of thiazole rings is 1. The fraction of sp³-hybridized carbons (Fsp3) is 0.176. The summed E-state index contributed by atoms with van der Waals surface area (Å²) in [5.74, 6) is 2.16. The van der Waals surface area contributed by atoms with Crippen LogP contribution in [0.4, 0.5) is 0 Å². The molecular formula is C17H12N4O4S2. The first-order valence-corrected chi connectivity index (χ1v) is 9.93. The number of hydrogen-bond donors (Lipinski definition) is 0. The third kappa shape index (κ3) is 3.17. The maximum atomic E-state index is 12.0. The average molecular weight is 400 g/mol. The Morgan fingerprint density at radius 2 is 2.15 bits per heavy atom. The second-order valence-corrected chi connectivity index (χ2v) is 7.50. The number of fused-ring (bicyclic) bond motifs is 2. The lowest BCUT2D eigenvalue weighted by Gasteiger charge is -2.23. The summed E-state index contributed by atoms with van der Waals surface area (Å²) in [5.41, 5.74) is 0.563. The highest BCUT2D eigenvalue weighted by molar-refractivity contribution is 7.98. The van der Waals surface area contributed by atoms with Gasteiger partial charge in [-0.3, -0.25) is 9.20 Å². The van der Waals surface area contributed by atoms with Crippen LogP contribution in [-0.2, 0) is 5.75 Å². The Hall–Kier alpha value is -2.85. The van der Waals surface area contributed by atoms with Crippen LogP contribution in [-0.4, -0.2) is 26.2 Å². The van der Waals surface area contributed by atoms with Crippen LogP contribution in [0.1, 0.15) is 17.7 Å². The first-order valence-electron chi connectivity index (χ1n) is 8.07. The number of ether oxygens (including phenoxy) is 2. The fourth-order valence-corrected chi connectivity index (χ4v) is 4.05. The van der Waals surface area contributed by atoms with Crippen LogP contribution in [0, 0.1) is 0 Å². The Labute approximate surface area is 160 Å². The fourth-order valence-electron chi connectivity index (χ4n) is 2.65. The van der Waals surface area contributed by atoms with Crippen molar-refractivity contribution in [2.75, 3.05) is 6.61 Å². The van der Waals surface area contributed by atoms with Gasteiger partial charge in [-0.1, -0.05) is 23.9 Å². The Bertz CT molecular complexity index is 1170. The predicted molar refractivity (Wildman–Crippen MR) is 98.5 cm³/mol. The maximum Gasteiger partial charge on any atom is 0.277 e. The van der Waals surface area contributed by atoms with E-state index in [9.17, 15) is 4.79 Å². The van der Waals surface area contributed by atoms with E-state index in [0.29, 0.717) is 45.6 Å². The van der Waals surface area contributed by atoms with E-state index in [-0.39, 0.29) is 5.56 Å². The summed E-state index contributed by atoms with van der Waals surface area (Å²) in [5, 5.41) is 10.3. The first kappa shape index (κ1) is 16.3. The lowest BCUT2D eigenvalue weighted by molar-refractivity contribution is 0.0686. The van der Waals surface area contributed by atoms with E-state index in [1.165, 1.54) is 33.6 Å².